The maximum atomic E-state index is 14.8. The molecule has 0 spiro atoms. The first kappa shape index (κ1) is 34.1. The van der Waals surface area contributed by atoms with Crippen molar-refractivity contribution in [3.63, 3.8) is 0 Å². The lowest BCUT2D eigenvalue weighted by Crippen LogP contribution is -2.52. The molecule has 0 radical (unpaired) electrons. The van der Waals surface area contributed by atoms with Crippen LogP contribution in [-0.2, 0) is 20.9 Å². The van der Waals surface area contributed by atoms with Gasteiger partial charge < -0.3 is 29.9 Å². The van der Waals surface area contributed by atoms with Gasteiger partial charge in [0.05, 0.1) is 30.7 Å². The van der Waals surface area contributed by atoms with E-state index in [9.17, 15) is 38.6 Å². The Morgan fingerprint density at radius 2 is 1.80 bits per heavy atom. The van der Waals surface area contributed by atoms with Gasteiger partial charge in [0.1, 0.15) is 24.0 Å². The summed E-state index contributed by atoms with van der Waals surface area (Å²) in [6.07, 6.45) is -4.12. The van der Waals surface area contributed by atoms with Crippen LogP contribution in [0.2, 0.25) is 0 Å². The summed E-state index contributed by atoms with van der Waals surface area (Å²) in [7, 11) is 1.35. The summed E-state index contributed by atoms with van der Waals surface area (Å²) in [5, 5.41) is 26.8. The molecule has 3 aliphatic rings. The number of carbonyl (C=O) groups is 4. The van der Waals surface area contributed by atoms with Crippen molar-refractivity contribution in [2.45, 2.75) is 84.6 Å². The number of nitrogens with one attached hydrogen (secondary N) is 3. The first-order valence-corrected chi connectivity index (χ1v) is 14.2. The van der Waals surface area contributed by atoms with Gasteiger partial charge in [-0.05, 0) is 19.4 Å². The van der Waals surface area contributed by atoms with Crippen LogP contribution in [0, 0.1) is 5.82 Å². The number of methoxy groups -OCH3 is 1. The van der Waals surface area contributed by atoms with E-state index >= 15 is 0 Å². The van der Waals surface area contributed by atoms with Gasteiger partial charge in [-0.2, -0.15) is 4.98 Å². The third kappa shape index (κ3) is 6.71. The van der Waals surface area contributed by atoms with Crippen molar-refractivity contribution in [3.05, 3.63) is 45.8 Å². The van der Waals surface area contributed by atoms with Gasteiger partial charge in [-0.3, -0.25) is 29.6 Å². The standard InChI is InChI=1S/C24H25FN6O9.2C2H6/c1-9-17(33)18(34)22(40-9)31-8-13(25)19(29-24(31)38)28-23(37)26-14-6-10(39-2)5-11-12(14)7-30(21(11)36)15-3-4-16(32)27-20(15)35;2*1-2/h5-6,8-9,15,17-18,22,33-34H,3-4,7H2,1-2H3,(H,27,32,35)(H2,26,28,29,37,38);2*1-2H3. The number of carbonyl (C=O) groups excluding carboxylic acids is 4. The fourth-order valence-corrected chi connectivity index (χ4v) is 4.90. The fourth-order valence-electron chi connectivity index (χ4n) is 4.90. The number of aliphatic hydroxyl groups is 2. The van der Waals surface area contributed by atoms with Crippen LogP contribution in [0.1, 0.15) is 69.6 Å². The first-order valence-electron chi connectivity index (χ1n) is 14.2. The molecule has 2 aromatic rings. The SMILES string of the molecule is CC.CC.COc1cc(NC(=O)Nc2nc(=O)n(C3OC(C)C(O)C3O)cc2F)c2c(c1)C(=O)N(C1CCC(=O)NC1=O)C2. The van der Waals surface area contributed by atoms with E-state index in [0.29, 0.717) is 16.3 Å². The average molecular weight is 621 g/mol. The molecule has 0 bridgehead atoms. The molecular formula is C28H37FN6O9. The van der Waals surface area contributed by atoms with Crippen molar-refractivity contribution in [1.82, 2.24) is 19.8 Å². The van der Waals surface area contributed by atoms with Gasteiger partial charge >= 0.3 is 11.7 Å². The quantitative estimate of drug-likeness (QED) is 0.305. The highest BCUT2D eigenvalue weighted by atomic mass is 19.1. The number of hydrogen-bond acceptors (Lipinski definition) is 10. The van der Waals surface area contributed by atoms with Crippen molar-refractivity contribution in [2.24, 2.45) is 0 Å². The number of imide groups is 1. The van der Waals surface area contributed by atoms with Gasteiger partial charge in [0.15, 0.2) is 17.9 Å². The number of urea groups is 1. The molecule has 4 heterocycles. The number of aromatic nitrogens is 2. The fraction of sp³-hybridized carbons (Fsp3) is 0.500. The number of fused-ring (bicyclic) bond motifs is 1. The minimum Gasteiger partial charge on any atom is -0.497 e. The van der Waals surface area contributed by atoms with Gasteiger partial charge in [-0.15, -0.1) is 0 Å². The second kappa shape index (κ2) is 14.4. The van der Waals surface area contributed by atoms with Gasteiger partial charge in [-0.1, -0.05) is 27.7 Å². The van der Waals surface area contributed by atoms with Crippen molar-refractivity contribution >= 4 is 35.3 Å². The number of rotatable bonds is 5. The Labute approximate surface area is 252 Å². The van der Waals surface area contributed by atoms with Crippen LogP contribution in [-0.4, -0.2) is 79.9 Å². The normalized spacial score (nSPS) is 23.9. The molecule has 5 unspecified atom stereocenters. The lowest BCUT2D eigenvalue weighted by molar-refractivity contribution is -0.136. The van der Waals surface area contributed by atoms with Crippen molar-refractivity contribution < 1.29 is 43.3 Å². The summed E-state index contributed by atoms with van der Waals surface area (Å²) in [6, 6.07) is 0.978. The van der Waals surface area contributed by atoms with Gasteiger partial charge in [0, 0.05) is 24.6 Å². The van der Waals surface area contributed by atoms with E-state index in [1.54, 1.807) is 0 Å². The molecule has 16 heteroatoms. The first-order chi connectivity index (χ1) is 21.0. The number of anilines is 2. The molecule has 0 saturated carbocycles. The molecule has 44 heavy (non-hydrogen) atoms. The predicted octanol–water partition coefficient (Wildman–Crippen LogP) is 1.49. The maximum absolute atomic E-state index is 14.8. The Morgan fingerprint density at radius 1 is 1.11 bits per heavy atom. The molecule has 2 saturated heterocycles. The van der Waals surface area contributed by atoms with Crippen LogP contribution in [0.25, 0.3) is 0 Å². The molecule has 5 atom stereocenters. The van der Waals surface area contributed by atoms with E-state index in [0.717, 1.165) is 0 Å². The Hall–Kier alpha value is -4.41. The predicted molar refractivity (Wildman–Crippen MR) is 154 cm³/mol. The number of ether oxygens (including phenoxy) is 2. The maximum Gasteiger partial charge on any atom is 0.351 e. The molecule has 1 aromatic heterocycles. The topological polar surface area (TPSA) is 201 Å². The number of nitrogens with zero attached hydrogens (tertiary/aromatic N) is 3. The Balaban J connectivity index is 0.00000127. The smallest absolute Gasteiger partial charge is 0.351 e. The van der Waals surface area contributed by atoms with Crippen molar-refractivity contribution in [3.8, 4) is 5.75 Å². The summed E-state index contributed by atoms with van der Waals surface area (Å²) >= 11 is 0. The molecule has 1 aromatic carbocycles. The molecule has 240 valence electrons. The molecule has 5 N–H and O–H groups in total. The highest BCUT2D eigenvalue weighted by Crippen LogP contribution is 2.36. The summed E-state index contributed by atoms with van der Waals surface area (Å²) in [6.45, 7) is 9.41. The van der Waals surface area contributed by atoms with E-state index in [2.05, 4.69) is 20.9 Å². The number of benzene rings is 1. The van der Waals surface area contributed by atoms with Crippen LogP contribution in [0.5, 0.6) is 5.75 Å². The van der Waals surface area contributed by atoms with Crippen molar-refractivity contribution in [2.75, 3.05) is 17.7 Å². The molecule has 5 rings (SSSR count). The number of amides is 5. The number of hydrogen-bond donors (Lipinski definition) is 5. The zero-order valence-electron chi connectivity index (χ0n) is 25.2. The molecule has 0 aliphatic carbocycles. The summed E-state index contributed by atoms with van der Waals surface area (Å²) in [4.78, 5) is 67.1. The van der Waals surface area contributed by atoms with Crippen molar-refractivity contribution in [1.29, 1.82) is 0 Å². The highest BCUT2D eigenvalue weighted by Gasteiger charge is 2.42. The third-order valence-electron chi connectivity index (χ3n) is 7.00. The average Bonchev–Trinajstić information content (AvgIpc) is 3.47. The van der Waals surface area contributed by atoms with Crippen LogP contribution in [0.4, 0.5) is 20.7 Å². The van der Waals surface area contributed by atoms with E-state index in [1.165, 1.54) is 31.1 Å². The number of piperidine rings is 1. The summed E-state index contributed by atoms with van der Waals surface area (Å²) < 4.78 is 26.0. The Bertz CT molecular complexity index is 1480. The van der Waals surface area contributed by atoms with E-state index < -0.39 is 71.7 Å². The van der Waals surface area contributed by atoms with Crippen LogP contribution >= 0.6 is 0 Å². The third-order valence-corrected chi connectivity index (χ3v) is 7.00. The largest absolute Gasteiger partial charge is 0.497 e. The van der Waals surface area contributed by atoms with Gasteiger partial charge in [0.2, 0.25) is 11.8 Å². The van der Waals surface area contributed by atoms with E-state index in [1.807, 2.05) is 27.7 Å². The summed E-state index contributed by atoms with van der Waals surface area (Å²) in [5.41, 5.74) is -0.420. The number of halogens is 1. The highest BCUT2D eigenvalue weighted by molar-refractivity contribution is 6.08. The summed E-state index contributed by atoms with van der Waals surface area (Å²) in [5.74, 6) is -3.17. The second-order valence-electron chi connectivity index (χ2n) is 9.52. The lowest BCUT2D eigenvalue weighted by atomic mass is 10.0. The number of aliphatic hydroxyl groups excluding tert-OH is 2. The van der Waals surface area contributed by atoms with E-state index in [-0.39, 0.29) is 36.4 Å². The zero-order chi connectivity index (χ0) is 32.9. The monoisotopic (exact) mass is 620 g/mol. The molecule has 5 amide bonds. The van der Waals surface area contributed by atoms with Gasteiger partial charge in [-0.25, -0.2) is 14.0 Å². The molecule has 15 nitrogen and oxygen atoms in total. The Kier molecular flexibility index (Phi) is 11.1. The van der Waals surface area contributed by atoms with Crippen LogP contribution in [0.15, 0.2) is 23.1 Å². The van der Waals surface area contributed by atoms with Gasteiger partial charge in [0.25, 0.3) is 5.91 Å². The zero-order valence-corrected chi connectivity index (χ0v) is 25.2. The second-order valence-corrected chi connectivity index (χ2v) is 9.52. The molecule has 2 fully saturated rings. The van der Waals surface area contributed by atoms with E-state index in [4.69, 9.17) is 9.47 Å². The Morgan fingerprint density at radius 3 is 2.39 bits per heavy atom. The minimum atomic E-state index is -1.51. The van der Waals surface area contributed by atoms with Crippen LogP contribution < -0.4 is 26.4 Å². The molecular weight excluding hydrogens is 583 g/mol. The van der Waals surface area contributed by atoms with Crippen LogP contribution in [0.3, 0.4) is 0 Å². The lowest BCUT2D eigenvalue weighted by Gasteiger charge is -2.29. The molecule has 3 aliphatic heterocycles. The minimum absolute atomic E-state index is 0.0588.